The lowest BCUT2D eigenvalue weighted by Crippen LogP contribution is -1.93. The van der Waals surface area contributed by atoms with E-state index in [1.54, 1.807) is 6.20 Å². The minimum atomic E-state index is 0.763. The number of rotatable bonds is 0. The van der Waals surface area contributed by atoms with E-state index in [2.05, 4.69) is 20.9 Å². The maximum atomic E-state index is 5.90. The summed E-state index contributed by atoms with van der Waals surface area (Å²) in [4.78, 5) is 4.25. The molecule has 0 fully saturated rings. The van der Waals surface area contributed by atoms with Gasteiger partial charge >= 0.3 is 0 Å². The van der Waals surface area contributed by atoms with Crippen LogP contribution in [0.1, 0.15) is 5.56 Å². The Bertz CT molecular complexity index is 466. The van der Waals surface area contributed by atoms with Crippen LogP contribution < -0.4 is 5.73 Å². The monoisotopic (exact) mass is 236 g/mol. The van der Waals surface area contributed by atoms with Crippen molar-refractivity contribution >= 4 is 32.5 Å². The van der Waals surface area contributed by atoms with Gasteiger partial charge < -0.3 is 5.73 Å². The number of nitrogens with zero attached hydrogens (tertiary/aromatic N) is 1. The second kappa shape index (κ2) is 3.00. The third-order valence-electron chi connectivity index (χ3n) is 2.09. The highest BCUT2D eigenvalue weighted by Gasteiger charge is 2.05. The topological polar surface area (TPSA) is 38.9 Å². The maximum Gasteiger partial charge on any atom is 0.0945 e. The van der Waals surface area contributed by atoms with Crippen LogP contribution in [0.4, 0.5) is 5.69 Å². The number of hydrogen-bond donors (Lipinski definition) is 1. The van der Waals surface area contributed by atoms with Crippen molar-refractivity contribution in [1.29, 1.82) is 0 Å². The Balaban J connectivity index is 2.97. The molecule has 2 aromatic rings. The van der Waals surface area contributed by atoms with E-state index >= 15 is 0 Å². The van der Waals surface area contributed by atoms with Gasteiger partial charge in [-0.05, 0) is 24.6 Å². The van der Waals surface area contributed by atoms with E-state index < -0.39 is 0 Å². The van der Waals surface area contributed by atoms with Gasteiger partial charge in [-0.3, -0.25) is 4.98 Å². The molecule has 2 N–H and O–H groups in total. The van der Waals surface area contributed by atoms with Crippen molar-refractivity contribution in [2.75, 3.05) is 5.73 Å². The Labute approximate surface area is 84.9 Å². The molecular weight excluding hydrogens is 228 g/mol. The number of anilines is 1. The normalized spacial score (nSPS) is 10.6. The Morgan fingerprint density at radius 1 is 1.46 bits per heavy atom. The largest absolute Gasteiger partial charge is 0.397 e. The predicted molar refractivity (Wildman–Crippen MR) is 58.6 cm³/mol. The Kier molecular flexibility index (Phi) is 1.96. The first-order valence-corrected chi connectivity index (χ1v) is 4.79. The van der Waals surface area contributed by atoms with Crippen LogP contribution in [0.2, 0.25) is 0 Å². The smallest absolute Gasteiger partial charge is 0.0945 e. The summed E-state index contributed by atoms with van der Waals surface area (Å²) in [7, 11) is 0. The fourth-order valence-electron chi connectivity index (χ4n) is 1.35. The van der Waals surface area contributed by atoms with Crippen LogP contribution in [-0.4, -0.2) is 4.98 Å². The number of fused-ring (bicyclic) bond motifs is 1. The highest BCUT2D eigenvalue weighted by Crippen LogP contribution is 2.29. The van der Waals surface area contributed by atoms with Gasteiger partial charge in [-0.15, -0.1) is 0 Å². The zero-order valence-corrected chi connectivity index (χ0v) is 8.80. The van der Waals surface area contributed by atoms with Crippen LogP contribution in [0.25, 0.3) is 10.9 Å². The number of hydrogen-bond acceptors (Lipinski definition) is 2. The second-order valence-corrected chi connectivity index (χ2v) is 3.84. The maximum absolute atomic E-state index is 5.90. The SMILES string of the molecule is Cc1cc(Br)c2cccnc2c1N. The molecule has 13 heavy (non-hydrogen) atoms. The molecule has 2 nitrogen and oxygen atoms in total. The van der Waals surface area contributed by atoms with Gasteiger partial charge in [0.05, 0.1) is 11.2 Å². The molecule has 0 atom stereocenters. The van der Waals surface area contributed by atoms with E-state index in [-0.39, 0.29) is 0 Å². The molecule has 0 bridgehead atoms. The number of nitrogens with two attached hydrogens (primary N) is 1. The lowest BCUT2D eigenvalue weighted by Gasteiger charge is -2.05. The first-order valence-electron chi connectivity index (χ1n) is 3.99. The van der Waals surface area contributed by atoms with Gasteiger partial charge in [0.15, 0.2) is 0 Å². The van der Waals surface area contributed by atoms with Crippen molar-refractivity contribution in [2.24, 2.45) is 0 Å². The summed E-state index contributed by atoms with van der Waals surface area (Å²) in [5, 5.41) is 1.06. The van der Waals surface area contributed by atoms with E-state index in [0.717, 1.165) is 26.6 Å². The third kappa shape index (κ3) is 1.29. The average molecular weight is 237 g/mol. The summed E-state index contributed by atoms with van der Waals surface area (Å²) < 4.78 is 1.04. The van der Waals surface area contributed by atoms with Crippen molar-refractivity contribution < 1.29 is 0 Å². The zero-order valence-electron chi connectivity index (χ0n) is 7.21. The first kappa shape index (κ1) is 8.51. The van der Waals surface area contributed by atoms with Gasteiger partial charge in [-0.1, -0.05) is 22.0 Å². The highest BCUT2D eigenvalue weighted by molar-refractivity contribution is 9.10. The van der Waals surface area contributed by atoms with Crippen LogP contribution in [-0.2, 0) is 0 Å². The number of aromatic nitrogens is 1. The fraction of sp³-hybridized carbons (Fsp3) is 0.100. The molecule has 66 valence electrons. The van der Waals surface area contributed by atoms with Crippen molar-refractivity contribution in [3.05, 3.63) is 34.4 Å². The Hall–Kier alpha value is -1.09. The van der Waals surface area contributed by atoms with E-state index in [0.29, 0.717) is 0 Å². The standard InChI is InChI=1S/C10H9BrN2/c1-6-5-8(11)7-3-2-4-13-10(7)9(6)12/h2-5H,12H2,1H3. The first-order chi connectivity index (χ1) is 6.20. The van der Waals surface area contributed by atoms with Gasteiger partial charge in [0.25, 0.3) is 0 Å². The van der Waals surface area contributed by atoms with E-state index in [4.69, 9.17) is 5.73 Å². The summed E-state index contributed by atoms with van der Waals surface area (Å²) >= 11 is 3.49. The van der Waals surface area contributed by atoms with Gasteiger partial charge in [0.1, 0.15) is 0 Å². The summed E-state index contributed by atoms with van der Waals surface area (Å²) in [6.07, 6.45) is 1.75. The molecule has 3 heteroatoms. The number of pyridine rings is 1. The molecule has 0 amide bonds. The number of benzene rings is 1. The zero-order chi connectivity index (χ0) is 9.42. The van der Waals surface area contributed by atoms with Crippen LogP contribution in [0.15, 0.2) is 28.9 Å². The molecule has 0 spiro atoms. The van der Waals surface area contributed by atoms with Gasteiger partial charge in [0, 0.05) is 16.1 Å². The molecule has 1 aromatic heterocycles. The number of nitrogen functional groups attached to an aromatic ring is 1. The molecule has 0 unspecified atom stereocenters. The second-order valence-electron chi connectivity index (χ2n) is 2.99. The molecule has 0 aliphatic carbocycles. The lowest BCUT2D eigenvalue weighted by molar-refractivity contribution is 1.38. The summed E-state index contributed by atoms with van der Waals surface area (Å²) in [5.74, 6) is 0. The molecule has 0 saturated carbocycles. The Morgan fingerprint density at radius 2 is 2.23 bits per heavy atom. The summed E-state index contributed by atoms with van der Waals surface area (Å²) in [6, 6.07) is 5.92. The lowest BCUT2D eigenvalue weighted by atomic mass is 10.1. The van der Waals surface area contributed by atoms with Crippen molar-refractivity contribution in [1.82, 2.24) is 4.98 Å². The van der Waals surface area contributed by atoms with E-state index in [1.807, 2.05) is 25.1 Å². The minimum Gasteiger partial charge on any atom is -0.397 e. The summed E-state index contributed by atoms with van der Waals surface area (Å²) in [5.41, 5.74) is 8.59. The van der Waals surface area contributed by atoms with E-state index in [1.165, 1.54) is 0 Å². The van der Waals surface area contributed by atoms with Crippen LogP contribution in [0, 0.1) is 6.92 Å². The molecular formula is C10H9BrN2. The molecule has 0 radical (unpaired) electrons. The molecule has 0 aliphatic rings. The van der Waals surface area contributed by atoms with Gasteiger partial charge in [-0.2, -0.15) is 0 Å². The highest BCUT2D eigenvalue weighted by atomic mass is 79.9. The van der Waals surface area contributed by atoms with Crippen molar-refractivity contribution in [2.45, 2.75) is 6.92 Å². The third-order valence-corrected chi connectivity index (χ3v) is 2.74. The van der Waals surface area contributed by atoms with Crippen LogP contribution in [0.3, 0.4) is 0 Å². The molecule has 0 aliphatic heterocycles. The van der Waals surface area contributed by atoms with Crippen molar-refractivity contribution in [3.8, 4) is 0 Å². The number of aryl methyl sites for hydroxylation is 1. The number of halogens is 1. The molecule has 1 aromatic carbocycles. The predicted octanol–water partition coefficient (Wildman–Crippen LogP) is 2.89. The molecule has 2 rings (SSSR count). The minimum absolute atomic E-state index is 0.763. The van der Waals surface area contributed by atoms with Crippen LogP contribution in [0.5, 0.6) is 0 Å². The molecule has 0 saturated heterocycles. The van der Waals surface area contributed by atoms with Crippen molar-refractivity contribution in [3.63, 3.8) is 0 Å². The molecule has 1 heterocycles. The average Bonchev–Trinajstić information content (AvgIpc) is 2.15. The fourth-order valence-corrected chi connectivity index (χ4v) is 2.01. The summed E-state index contributed by atoms with van der Waals surface area (Å²) in [6.45, 7) is 1.98. The van der Waals surface area contributed by atoms with Gasteiger partial charge in [-0.25, -0.2) is 0 Å². The van der Waals surface area contributed by atoms with Gasteiger partial charge in [0.2, 0.25) is 0 Å². The van der Waals surface area contributed by atoms with Crippen LogP contribution >= 0.6 is 15.9 Å². The van der Waals surface area contributed by atoms with E-state index in [9.17, 15) is 0 Å². The quantitative estimate of drug-likeness (QED) is 0.715. The Morgan fingerprint density at radius 3 is 3.00 bits per heavy atom.